The molecule has 182 valence electrons. The number of anilines is 2. The van der Waals surface area contributed by atoms with Crippen molar-refractivity contribution in [2.24, 2.45) is 0 Å². The number of benzene rings is 1. The number of carbonyl (C=O) groups excluding carboxylic acids is 2. The number of hydrogen-bond donors (Lipinski definition) is 2. The normalized spacial score (nSPS) is 19.0. The molecule has 36 heavy (non-hydrogen) atoms. The van der Waals surface area contributed by atoms with Crippen LogP contribution in [0.25, 0.3) is 22.6 Å². The molecule has 2 aliphatic rings. The number of pyridine rings is 1. The van der Waals surface area contributed by atoms with Gasteiger partial charge in [0.1, 0.15) is 34.8 Å². The molecule has 0 radical (unpaired) electrons. The van der Waals surface area contributed by atoms with E-state index in [4.69, 9.17) is 0 Å². The number of nitrogens with one attached hydrogen (secondary N) is 2. The van der Waals surface area contributed by atoms with Crippen LogP contribution in [0.5, 0.6) is 0 Å². The second-order valence-electron chi connectivity index (χ2n) is 9.18. The second-order valence-corrected chi connectivity index (χ2v) is 9.18. The van der Waals surface area contributed by atoms with Crippen molar-refractivity contribution in [3.05, 3.63) is 59.0 Å². The number of rotatable bonds is 3. The van der Waals surface area contributed by atoms with Gasteiger partial charge in [0.05, 0.1) is 18.1 Å². The number of halogens is 3. The average Bonchev–Trinajstić information content (AvgIpc) is 3.10. The number of aromatic nitrogens is 5. The highest BCUT2D eigenvalue weighted by atomic mass is 19.1. The van der Waals surface area contributed by atoms with Gasteiger partial charge >= 0.3 is 0 Å². The number of hydrogen-bond acceptors (Lipinski definition) is 6. The number of nitrogens with zero attached hydrogens (tertiary/aromatic N) is 5. The summed E-state index contributed by atoms with van der Waals surface area (Å²) in [6, 6.07) is 4.67. The SMILES string of the molecule is C[C@@]12CCC(=O)Nc3nc(-c4nn(Cc5c(F)cccc5F)c5ncc(F)cc45)nc(c31)NC(=O)C2. The molecule has 2 N–H and O–H groups in total. The molecule has 5 heterocycles. The number of fused-ring (bicyclic) bond motifs is 1. The zero-order chi connectivity index (χ0) is 25.2. The van der Waals surface area contributed by atoms with Crippen molar-refractivity contribution >= 4 is 34.5 Å². The first-order chi connectivity index (χ1) is 17.2. The van der Waals surface area contributed by atoms with Crippen molar-refractivity contribution in [2.45, 2.75) is 38.1 Å². The van der Waals surface area contributed by atoms with Crippen molar-refractivity contribution in [2.75, 3.05) is 10.6 Å². The van der Waals surface area contributed by atoms with Gasteiger partial charge < -0.3 is 10.6 Å². The molecule has 0 saturated heterocycles. The third kappa shape index (κ3) is 3.48. The van der Waals surface area contributed by atoms with Crippen molar-refractivity contribution in [3.63, 3.8) is 0 Å². The van der Waals surface area contributed by atoms with Gasteiger partial charge in [-0.3, -0.25) is 9.59 Å². The Hall–Kier alpha value is -4.35. The molecule has 1 atom stereocenters. The Bertz CT molecular complexity index is 1580. The summed E-state index contributed by atoms with van der Waals surface area (Å²) in [7, 11) is 0. The van der Waals surface area contributed by atoms with Crippen LogP contribution in [-0.2, 0) is 21.5 Å². The fourth-order valence-corrected chi connectivity index (χ4v) is 4.88. The minimum atomic E-state index is -0.766. The van der Waals surface area contributed by atoms with E-state index >= 15 is 0 Å². The molecule has 4 aromatic rings. The summed E-state index contributed by atoms with van der Waals surface area (Å²) >= 11 is 0. The molecule has 2 amide bonds. The summed E-state index contributed by atoms with van der Waals surface area (Å²) in [5.41, 5.74) is -0.0553. The lowest BCUT2D eigenvalue weighted by Crippen LogP contribution is -2.35. The van der Waals surface area contributed by atoms with Crippen LogP contribution in [0, 0.1) is 17.5 Å². The van der Waals surface area contributed by atoms with Gasteiger partial charge in [-0.2, -0.15) is 5.10 Å². The Labute approximate surface area is 201 Å². The Kier molecular flexibility index (Phi) is 4.82. The lowest BCUT2D eigenvalue weighted by molar-refractivity contribution is -0.119. The van der Waals surface area contributed by atoms with Crippen LogP contribution in [0.3, 0.4) is 0 Å². The van der Waals surface area contributed by atoms with Gasteiger partial charge in [0.2, 0.25) is 11.8 Å². The topological polar surface area (TPSA) is 115 Å². The molecule has 3 aromatic heterocycles. The van der Waals surface area contributed by atoms with E-state index in [1.165, 1.54) is 16.8 Å². The quantitative estimate of drug-likeness (QED) is 0.450. The molecule has 9 nitrogen and oxygen atoms in total. The first-order valence-electron chi connectivity index (χ1n) is 11.2. The minimum absolute atomic E-state index is 0.0133. The van der Waals surface area contributed by atoms with Crippen molar-refractivity contribution in [3.8, 4) is 11.5 Å². The summed E-state index contributed by atoms with van der Waals surface area (Å²) in [6.07, 6.45) is 1.78. The van der Waals surface area contributed by atoms with Crippen LogP contribution < -0.4 is 10.6 Å². The molecular formula is C24H18F3N7O2. The van der Waals surface area contributed by atoms with E-state index in [2.05, 4.69) is 30.7 Å². The van der Waals surface area contributed by atoms with Crippen LogP contribution >= 0.6 is 0 Å². The standard InChI is InChI=1S/C24H18F3N7O2/c1-24-6-5-16(35)29-20-18(24)21(30-17(36)8-24)32-22(31-20)19-12-7-11(25)9-28-23(12)34(33-19)10-13-14(26)3-2-4-15(13)27/h2-4,7,9H,5-6,8,10H2,1H3,(H2,29,30,31,32,35,36)/t24-/m0/s1. The van der Waals surface area contributed by atoms with Crippen LogP contribution in [0.15, 0.2) is 30.5 Å². The minimum Gasteiger partial charge on any atom is -0.310 e. The second kappa shape index (κ2) is 7.83. The third-order valence-corrected chi connectivity index (χ3v) is 6.62. The molecular weight excluding hydrogens is 475 g/mol. The van der Waals surface area contributed by atoms with E-state index in [-0.39, 0.29) is 71.0 Å². The zero-order valence-corrected chi connectivity index (χ0v) is 18.9. The van der Waals surface area contributed by atoms with Gasteiger partial charge in [-0.05, 0) is 24.6 Å². The Morgan fingerprint density at radius 3 is 2.47 bits per heavy atom. The van der Waals surface area contributed by atoms with Gasteiger partial charge in [0.25, 0.3) is 0 Å². The smallest absolute Gasteiger partial charge is 0.226 e. The lowest BCUT2D eigenvalue weighted by atomic mass is 9.74. The maximum atomic E-state index is 14.3. The number of amides is 2. The maximum Gasteiger partial charge on any atom is 0.226 e. The highest BCUT2D eigenvalue weighted by molar-refractivity contribution is 6.00. The summed E-state index contributed by atoms with van der Waals surface area (Å²) in [5.74, 6) is -2.27. The van der Waals surface area contributed by atoms with Crippen LogP contribution in [-0.4, -0.2) is 36.5 Å². The number of carbonyl (C=O) groups is 2. The molecule has 0 bridgehead atoms. The highest BCUT2D eigenvalue weighted by Crippen LogP contribution is 2.46. The average molecular weight is 493 g/mol. The van der Waals surface area contributed by atoms with E-state index < -0.39 is 22.9 Å². The molecule has 1 aromatic carbocycles. The van der Waals surface area contributed by atoms with Crippen molar-refractivity contribution < 1.29 is 22.8 Å². The molecule has 12 heteroatoms. The monoisotopic (exact) mass is 493 g/mol. The Morgan fingerprint density at radius 2 is 1.75 bits per heavy atom. The van der Waals surface area contributed by atoms with E-state index in [9.17, 15) is 22.8 Å². The summed E-state index contributed by atoms with van der Waals surface area (Å²) in [4.78, 5) is 38.0. The fourth-order valence-electron chi connectivity index (χ4n) is 4.88. The molecule has 0 unspecified atom stereocenters. The Morgan fingerprint density at radius 1 is 1.06 bits per heavy atom. The first kappa shape index (κ1) is 22.1. The largest absolute Gasteiger partial charge is 0.310 e. The molecule has 2 aliphatic heterocycles. The first-order valence-corrected chi connectivity index (χ1v) is 11.2. The molecule has 0 fully saturated rings. The lowest BCUT2D eigenvalue weighted by Gasteiger charge is -2.34. The van der Waals surface area contributed by atoms with E-state index in [1.54, 1.807) is 0 Å². The fraction of sp³-hybridized carbons (Fsp3) is 0.250. The van der Waals surface area contributed by atoms with Gasteiger partial charge in [0.15, 0.2) is 11.5 Å². The molecule has 0 saturated carbocycles. The maximum absolute atomic E-state index is 14.3. The van der Waals surface area contributed by atoms with Crippen molar-refractivity contribution in [1.82, 2.24) is 24.7 Å². The van der Waals surface area contributed by atoms with Crippen LogP contribution in [0.4, 0.5) is 24.8 Å². The molecule has 0 aliphatic carbocycles. The third-order valence-electron chi connectivity index (χ3n) is 6.62. The predicted octanol–water partition coefficient (Wildman–Crippen LogP) is 3.69. The summed E-state index contributed by atoms with van der Waals surface area (Å²) < 4.78 is 44.1. The summed E-state index contributed by atoms with van der Waals surface area (Å²) in [5, 5.41) is 10.1. The van der Waals surface area contributed by atoms with Crippen molar-refractivity contribution in [1.29, 1.82) is 0 Å². The van der Waals surface area contributed by atoms with E-state index in [1.807, 2.05) is 6.92 Å². The van der Waals surface area contributed by atoms with E-state index in [0.29, 0.717) is 12.0 Å². The zero-order valence-electron chi connectivity index (χ0n) is 18.9. The summed E-state index contributed by atoms with van der Waals surface area (Å²) in [6.45, 7) is 1.56. The highest BCUT2D eigenvalue weighted by Gasteiger charge is 2.42. The van der Waals surface area contributed by atoms with Crippen LogP contribution in [0.2, 0.25) is 0 Å². The molecule has 6 rings (SSSR count). The van der Waals surface area contributed by atoms with Gasteiger partial charge in [-0.15, -0.1) is 0 Å². The van der Waals surface area contributed by atoms with E-state index in [0.717, 1.165) is 18.3 Å². The predicted molar refractivity (Wildman–Crippen MR) is 122 cm³/mol. The van der Waals surface area contributed by atoms with Gasteiger partial charge in [-0.25, -0.2) is 32.8 Å². The van der Waals surface area contributed by atoms with Gasteiger partial charge in [-0.1, -0.05) is 13.0 Å². The Balaban J connectivity index is 1.56. The van der Waals surface area contributed by atoms with Crippen LogP contribution in [0.1, 0.15) is 37.3 Å². The van der Waals surface area contributed by atoms with Gasteiger partial charge in [0, 0.05) is 29.4 Å². The molecule has 0 spiro atoms.